The van der Waals surface area contributed by atoms with Crippen molar-refractivity contribution in [2.75, 3.05) is 12.4 Å². The van der Waals surface area contributed by atoms with Crippen molar-refractivity contribution in [1.29, 1.82) is 0 Å². The highest BCUT2D eigenvalue weighted by Crippen LogP contribution is 2.24. The molecule has 0 fully saturated rings. The monoisotopic (exact) mass is 445 g/mol. The quantitative estimate of drug-likeness (QED) is 0.390. The lowest BCUT2D eigenvalue weighted by atomic mass is 10.2. The maximum absolute atomic E-state index is 10.2. The van der Waals surface area contributed by atoms with Crippen molar-refractivity contribution in [1.82, 2.24) is 14.8 Å². The second kappa shape index (κ2) is 9.73. The fourth-order valence-electron chi connectivity index (χ4n) is 2.43. The minimum absolute atomic E-state index is 0.218. The molecule has 2 aromatic carbocycles. The van der Waals surface area contributed by atoms with Crippen LogP contribution in [0.1, 0.15) is 0 Å². The molecule has 0 saturated carbocycles. The highest BCUT2D eigenvalue weighted by atomic mass is 79.9. The molecule has 27 heavy (non-hydrogen) atoms. The second-order valence-corrected chi connectivity index (χ2v) is 7.70. The van der Waals surface area contributed by atoms with Crippen molar-refractivity contribution in [3.8, 4) is 17.1 Å². The number of rotatable bonds is 9. The molecule has 0 aliphatic heterocycles. The SMILES string of the molecule is C=CCn1c(SCC(O)COc2ccc(Br)cc2)nnc1-c1ccccc1. The lowest BCUT2D eigenvalue weighted by Gasteiger charge is -2.12. The molecule has 140 valence electrons. The molecule has 0 amide bonds. The third-order valence-electron chi connectivity index (χ3n) is 3.72. The van der Waals surface area contributed by atoms with Gasteiger partial charge in [-0.15, -0.1) is 16.8 Å². The first-order chi connectivity index (χ1) is 13.2. The molecule has 3 rings (SSSR count). The topological polar surface area (TPSA) is 60.2 Å². The van der Waals surface area contributed by atoms with Crippen LogP contribution in [0, 0.1) is 0 Å². The molecule has 1 N–H and O–H groups in total. The van der Waals surface area contributed by atoms with Crippen LogP contribution in [-0.4, -0.2) is 38.3 Å². The van der Waals surface area contributed by atoms with E-state index in [1.807, 2.05) is 65.2 Å². The molecule has 0 bridgehead atoms. The summed E-state index contributed by atoms with van der Waals surface area (Å²) in [6.07, 6.45) is 1.19. The minimum atomic E-state index is -0.618. The third-order valence-corrected chi connectivity index (χ3v) is 5.36. The van der Waals surface area contributed by atoms with Gasteiger partial charge in [-0.3, -0.25) is 4.57 Å². The lowest BCUT2D eigenvalue weighted by Crippen LogP contribution is -2.20. The third kappa shape index (κ3) is 5.45. The molecule has 1 aromatic heterocycles. The standard InChI is InChI=1S/C20H20BrN3O2S/c1-2-12-24-19(15-6-4-3-5-7-15)22-23-20(24)27-14-17(25)13-26-18-10-8-16(21)9-11-18/h2-11,17,25H,1,12-14H2. The number of aromatic nitrogens is 3. The highest BCUT2D eigenvalue weighted by molar-refractivity contribution is 9.10. The zero-order valence-electron chi connectivity index (χ0n) is 14.7. The molecule has 7 heteroatoms. The molecule has 5 nitrogen and oxygen atoms in total. The number of hydrogen-bond acceptors (Lipinski definition) is 5. The number of benzene rings is 2. The van der Waals surface area contributed by atoms with Crippen molar-refractivity contribution >= 4 is 27.7 Å². The van der Waals surface area contributed by atoms with E-state index in [0.29, 0.717) is 12.3 Å². The number of hydrogen-bond donors (Lipinski definition) is 1. The number of ether oxygens (including phenoxy) is 1. The smallest absolute Gasteiger partial charge is 0.191 e. The summed E-state index contributed by atoms with van der Waals surface area (Å²) in [5.74, 6) is 1.97. The van der Waals surface area contributed by atoms with E-state index in [0.717, 1.165) is 26.8 Å². The Balaban J connectivity index is 1.60. The van der Waals surface area contributed by atoms with Gasteiger partial charge in [0.25, 0.3) is 0 Å². The van der Waals surface area contributed by atoms with Crippen LogP contribution < -0.4 is 4.74 Å². The largest absolute Gasteiger partial charge is 0.491 e. The number of aliphatic hydroxyl groups is 1. The van der Waals surface area contributed by atoms with Crippen molar-refractivity contribution in [3.63, 3.8) is 0 Å². The lowest BCUT2D eigenvalue weighted by molar-refractivity contribution is 0.126. The Labute approximate surface area is 171 Å². The summed E-state index contributed by atoms with van der Waals surface area (Å²) in [4.78, 5) is 0. The molecule has 3 aromatic rings. The van der Waals surface area contributed by atoms with E-state index in [4.69, 9.17) is 4.74 Å². The van der Waals surface area contributed by atoms with Gasteiger partial charge in [0.05, 0.1) is 6.10 Å². The maximum Gasteiger partial charge on any atom is 0.191 e. The van der Waals surface area contributed by atoms with Gasteiger partial charge in [0, 0.05) is 22.3 Å². The predicted octanol–water partition coefficient (Wildman–Crippen LogP) is 4.43. The molecule has 0 spiro atoms. The molecule has 1 unspecified atom stereocenters. The Kier molecular flexibility index (Phi) is 7.09. The molecular formula is C20H20BrN3O2S. The van der Waals surface area contributed by atoms with E-state index >= 15 is 0 Å². The maximum atomic E-state index is 10.2. The Morgan fingerprint density at radius 2 is 1.89 bits per heavy atom. The van der Waals surface area contributed by atoms with Crippen molar-refractivity contribution < 1.29 is 9.84 Å². The van der Waals surface area contributed by atoms with Gasteiger partial charge in [-0.2, -0.15) is 0 Å². The highest BCUT2D eigenvalue weighted by Gasteiger charge is 2.15. The summed E-state index contributed by atoms with van der Waals surface area (Å²) in [7, 11) is 0. The van der Waals surface area contributed by atoms with Gasteiger partial charge in [0.1, 0.15) is 12.4 Å². The van der Waals surface area contributed by atoms with E-state index in [1.165, 1.54) is 11.8 Å². The zero-order chi connectivity index (χ0) is 19.1. The van der Waals surface area contributed by atoms with Gasteiger partial charge in [-0.05, 0) is 24.3 Å². The van der Waals surface area contributed by atoms with Crippen molar-refractivity contribution in [3.05, 3.63) is 71.7 Å². The molecule has 1 heterocycles. The number of aliphatic hydroxyl groups excluding tert-OH is 1. The Bertz CT molecular complexity index is 869. The first-order valence-electron chi connectivity index (χ1n) is 8.46. The molecule has 0 aliphatic rings. The van der Waals surface area contributed by atoms with E-state index in [9.17, 15) is 5.11 Å². The zero-order valence-corrected chi connectivity index (χ0v) is 17.1. The average Bonchev–Trinajstić information content (AvgIpc) is 3.09. The molecule has 0 saturated heterocycles. The van der Waals surface area contributed by atoms with Gasteiger partial charge >= 0.3 is 0 Å². The van der Waals surface area contributed by atoms with Gasteiger partial charge in [0.15, 0.2) is 11.0 Å². The van der Waals surface area contributed by atoms with Gasteiger partial charge in [-0.1, -0.05) is 64.1 Å². The second-order valence-electron chi connectivity index (χ2n) is 5.80. The van der Waals surface area contributed by atoms with Crippen LogP contribution in [0.4, 0.5) is 0 Å². The Morgan fingerprint density at radius 3 is 2.59 bits per heavy atom. The number of halogens is 1. The summed E-state index contributed by atoms with van der Waals surface area (Å²) in [5.41, 5.74) is 0.998. The number of thioether (sulfide) groups is 1. The Morgan fingerprint density at radius 1 is 1.15 bits per heavy atom. The van der Waals surface area contributed by atoms with Crippen LogP contribution in [0.5, 0.6) is 5.75 Å². The van der Waals surface area contributed by atoms with E-state index < -0.39 is 6.10 Å². The fourth-order valence-corrected chi connectivity index (χ4v) is 3.55. The minimum Gasteiger partial charge on any atom is -0.491 e. The summed E-state index contributed by atoms with van der Waals surface area (Å²) in [6, 6.07) is 17.4. The molecule has 1 atom stereocenters. The van der Waals surface area contributed by atoms with E-state index in [-0.39, 0.29) is 6.61 Å². The summed E-state index contributed by atoms with van der Waals surface area (Å²) in [6.45, 7) is 4.64. The number of allylic oxidation sites excluding steroid dienone is 1. The average molecular weight is 446 g/mol. The van der Waals surface area contributed by atoms with Crippen LogP contribution in [-0.2, 0) is 6.54 Å². The van der Waals surface area contributed by atoms with Crippen LogP contribution >= 0.6 is 27.7 Å². The predicted molar refractivity (Wildman–Crippen MR) is 112 cm³/mol. The normalized spacial score (nSPS) is 11.9. The van der Waals surface area contributed by atoms with Crippen LogP contribution in [0.25, 0.3) is 11.4 Å². The van der Waals surface area contributed by atoms with Crippen LogP contribution in [0.2, 0.25) is 0 Å². The van der Waals surface area contributed by atoms with Gasteiger partial charge in [-0.25, -0.2) is 0 Å². The van der Waals surface area contributed by atoms with Crippen LogP contribution in [0.15, 0.2) is 76.9 Å². The Hall–Kier alpha value is -2.09. The summed E-state index contributed by atoms with van der Waals surface area (Å²) < 4.78 is 8.60. The van der Waals surface area contributed by atoms with Crippen molar-refractivity contribution in [2.45, 2.75) is 17.8 Å². The van der Waals surface area contributed by atoms with Gasteiger partial charge < -0.3 is 9.84 Å². The first-order valence-corrected chi connectivity index (χ1v) is 10.2. The van der Waals surface area contributed by atoms with E-state index in [1.54, 1.807) is 0 Å². The molecular weight excluding hydrogens is 426 g/mol. The summed E-state index contributed by atoms with van der Waals surface area (Å²) >= 11 is 4.84. The van der Waals surface area contributed by atoms with Crippen molar-refractivity contribution in [2.24, 2.45) is 0 Å². The summed E-state index contributed by atoms with van der Waals surface area (Å²) in [5, 5.41) is 19.6. The van der Waals surface area contributed by atoms with E-state index in [2.05, 4.69) is 32.7 Å². The molecule has 0 aliphatic carbocycles. The fraction of sp³-hybridized carbons (Fsp3) is 0.200. The first kappa shape index (κ1) is 19.7. The van der Waals surface area contributed by atoms with Gasteiger partial charge in [0.2, 0.25) is 0 Å². The number of nitrogens with zero attached hydrogens (tertiary/aromatic N) is 3. The molecule has 0 radical (unpaired) electrons. The van der Waals surface area contributed by atoms with Crippen LogP contribution in [0.3, 0.4) is 0 Å².